The van der Waals surface area contributed by atoms with Crippen LogP contribution in [0.2, 0.25) is 10.0 Å². The molecule has 1 amide bonds. The summed E-state index contributed by atoms with van der Waals surface area (Å²) in [5.74, 6) is -0.265. The number of rotatable bonds is 3. The average molecular weight is 366 g/mol. The second kappa shape index (κ2) is 7.01. The van der Waals surface area contributed by atoms with Gasteiger partial charge in [0.25, 0.3) is 5.91 Å². The molecule has 1 aliphatic heterocycles. The Bertz CT molecular complexity index is 748. The first kappa shape index (κ1) is 17.1. The zero-order valence-corrected chi connectivity index (χ0v) is 14.3. The summed E-state index contributed by atoms with van der Waals surface area (Å²) in [6.45, 7) is 0.914. The predicted octanol–water partition coefficient (Wildman–Crippen LogP) is 3.55. The van der Waals surface area contributed by atoms with Gasteiger partial charge in [-0.2, -0.15) is 0 Å². The number of phenols is 1. The Morgan fingerprint density at radius 1 is 1.12 bits per heavy atom. The van der Waals surface area contributed by atoms with E-state index in [4.69, 9.17) is 23.2 Å². The van der Waals surface area contributed by atoms with E-state index < -0.39 is 0 Å². The van der Waals surface area contributed by atoms with E-state index in [0.717, 1.165) is 5.56 Å². The van der Waals surface area contributed by atoms with Gasteiger partial charge >= 0.3 is 0 Å². The van der Waals surface area contributed by atoms with Crippen LogP contribution < -0.4 is 0 Å². The van der Waals surface area contributed by atoms with E-state index in [-0.39, 0.29) is 35.7 Å². The maximum atomic E-state index is 12.7. The quantitative estimate of drug-likeness (QED) is 0.874. The van der Waals surface area contributed by atoms with Crippen LogP contribution in [0, 0.1) is 5.92 Å². The molecule has 24 heavy (non-hydrogen) atoms. The van der Waals surface area contributed by atoms with Crippen LogP contribution >= 0.6 is 23.2 Å². The summed E-state index contributed by atoms with van der Waals surface area (Å²) < 4.78 is 0. The number of aliphatic hydroxyl groups is 1. The molecular formula is C18H17Cl2NO3. The van der Waals surface area contributed by atoms with Crippen LogP contribution in [0.5, 0.6) is 5.75 Å². The maximum Gasteiger partial charge on any atom is 0.255 e. The lowest BCUT2D eigenvalue weighted by atomic mass is 9.90. The lowest BCUT2D eigenvalue weighted by Gasteiger charge is -2.17. The number of aromatic hydroxyl groups is 1. The minimum atomic E-state index is -0.245. The molecule has 0 aliphatic carbocycles. The minimum absolute atomic E-state index is 0.00472. The molecule has 0 radical (unpaired) electrons. The molecule has 2 N–H and O–H groups in total. The lowest BCUT2D eigenvalue weighted by Crippen LogP contribution is -2.29. The number of benzene rings is 2. The maximum absolute atomic E-state index is 12.7. The van der Waals surface area contributed by atoms with Gasteiger partial charge in [0.1, 0.15) is 5.75 Å². The van der Waals surface area contributed by atoms with Gasteiger partial charge in [0.05, 0.1) is 10.6 Å². The Kier molecular flexibility index (Phi) is 4.99. The van der Waals surface area contributed by atoms with Gasteiger partial charge in [0.2, 0.25) is 0 Å². The number of carbonyl (C=O) groups is 1. The number of hydrogen-bond acceptors (Lipinski definition) is 3. The van der Waals surface area contributed by atoms with Crippen LogP contribution in [0.4, 0.5) is 0 Å². The van der Waals surface area contributed by atoms with Crippen LogP contribution in [0.3, 0.4) is 0 Å². The zero-order chi connectivity index (χ0) is 17.3. The molecule has 1 fully saturated rings. The van der Waals surface area contributed by atoms with Crippen molar-refractivity contribution in [3.8, 4) is 5.75 Å². The van der Waals surface area contributed by atoms with Crippen LogP contribution in [-0.4, -0.2) is 40.7 Å². The third kappa shape index (κ3) is 3.36. The van der Waals surface area contributed by atoms with Gasteiger partial charge in [-0.15, -0.1) is 0 Å². The Labute approximate surface area is 150 Å². The number of carbonyl (C=O) groups excluding carboxylic acids is 1. The van der Waals surface area contributed by atoms with E-state index in [1.54, 1.807) is 4.90 Å². The molecule has 0 aromatic heterocycles. The Hall–Kier alpha value is -1.75. The fourth-order valence-corrected chi connectivity index (χ4v) is 3.48. The highest BCUT2D eigenvalue weighted by Crippen LogP contribution is 2.34. The average Bonchev–Trinajstić information content (AvgIpc) is 3.01. The second-order valence-electron chi connectivity index (χ2n) is 5.97. The topological polar surface area (TPSA) is 60.8 Å². The highest BCUT2D eigenvalue weighted by molar-refractivity contribution is 6.33. The van der Waals surface area contributed by atoms with Crippen molar-refractivity contribution in [2.75, 3.05) is 19.7 Å². The highest BCUT2D eigenvalue weighted by Gasteiger charge is 2.36. The molecule has 126 valence electrons. The van der Waals surface area contributed by atoms with Crippen molar-refractivity contribution in [2.24, 2.45) is 5.92 Å². The van der Waals surface area contributed by atoms with Crippen molar-refractivity contribution in [2.45, 2.75) is 5.92 Å². The fourth-order valence-electron chi connectivity index (χ4n) is 3.16. The Morgan fingerprint density at radius 2 is 1.83 bits per heavy atom. The third-order valence-corrected chi connectivity index (χ3v) is 5.02. The smallest absolute Gasteiger partial charge is 0.255 e. The van der Waals surface area contributed by atoms with E-state index >= 15 is 0 Å². The SMILES string of the molecule is O=C(c1cc(O)ccc1Cl)N1C[C@@H](CO)[C@H](c2ccc(Cl)cc2)C1. The van der Waals surface area contributed by atoms with Crippen molar-refractivity contribution in [1.29, 1.82) is 0 Å². The Balaban J connectivity index is 1.84. The molecule has 1 heterocycles. The summed E-state index contributed by atoms with van der Waals surface area (Å²) in [4.78, 5) is 14.4. The van der Waals surface area contributed by atoms with Crippen LogP contribution in [-0.2, 0) is 0 Å². The van der Waals surface area contributed by atoms with Crippen LogP contribution in [0.1, 0.15) is 21.8 Å². The van der Waals surface area contributed by atoms with Gasteiger partial charge in [0.15, 0.2) is 0 Å². The minimum Gasteiger partial charge on any atom is -0.508 e. The third-order valence-electron chi connectivity index (χ3n) is 4.44. The van der Waals surface area contributed by atoms with E-state index in [9.17, 15) is 15.0 Å². The molecule has 0 unspecified atom stereocenters. The van der Waals surface area contributed by atoms with Gasteiger partial charge in [-0.05, 0) is 35.9 Å². The molecule has 6 heteroatoms. The summed E-state index contributed by atoms with van der Waals surface area (Å²) in [5.41, 5.74) is 1.31. The summed E-state index contributed by atoms with van der Waals surface area (Å²) >= 11 is 12.0. The monoisotopic (exact) mass is 365 g/mol. The summed E-state index contributed by atoms with van der Waals surface area (Å²) in [6, 6.07) is 11.8. The van der Waals surface area contributed by atoms with Gasteiger partial charge in [0, 0.05) is 36.6 Å². The zero-order valence-electron chi connectivity index (χ0n) is 12.8. The fraction of sp³-hybridized carbons (Fsp3) is 0.278. The molecule has 2 aromatic rings. The van der Waals surface area contributed by atoms with Crippen molar-refractivity contribution in [1.82, 2.24) is 4.90 Å². The standard InChI is InChI=1S/C18H17Cl2NO3/c19-13-3-1-11(2-4-13)16-9-21(8-12(16)10-22)18(24)15-7-14(23)5-6-17(15)20/h1-7,12,16,22-23H,8-10H2/t12-,16-/m0/s1. The largest absolute Gasteiger partial charge is 0.508 e. The molecular weight excluding hydrogens is 349 g/mol. The molecule has 3 rings (SSSR count). The summed E-state index contributed by atoms with van der Waals surface area (Å²) in [5, 5.41) is 20.2. The highest BCUT2D eigenvalue weighted by atomic mass is 35.5. The number of aliphatic hydroxyl groups excluding tert-OH is 1. The molecule has 2 aromatic carbocycles. The van der Waals surface area contributed by atoms with Crippen molar-refractivity contribution in [3.63, 3.8) is 0 Å². The van der Waals surface area contributed by atoms with E-state index in [1.165, 1.54) is 18.2 Å². The van der Waals surface area contributed by atoms with Crippen LogP contribution in [0.25, 0.3) is 0 Å². The summed E-state index contributed by atoms with van der Waals surface area (Å²) in [7, 11) is 0. The van der Waals surface area contributed by atoms with Gasteiger partial charge < -0.3 is 15.1 Å². The van der Waals surface area contributed by atoms with Crippen molar-refractivity contribution in [3.05, 3.63) is 63.6 Å². The molecule has 4 nitrogen and oxygen atoms in total. The van der Waals surface area contributed by atoms with Gasteiger partial charge in [-0.3, -0.25) is 4.79 Å². The molecule has 0 bridgehead atoms. The molecule has 2 atom stereocenters. The van der Waals surface area contributed by atoms with Crippen LogP contribution in [0.15, 0.2) is 42.5 Å². The number of hydrogen-bond donors (Lipinski definition) is 2. The second-order valence-corrected chi connectivity index (χ2v) is 6.82. The molecule has 0 spiro atoms. The van der Waals surface area contributed by atoms with Crippen molar-refractivity contribution >= 4 is 29.1 Å². The molecule has 0 saturated carbocycles. The first-order valence-electron chi connectivity index (χ1n) is 7.63. The molecule has 1 saturated heterocycles. The summed E-state index contributed by atoms with van der Waals surface area (Å²) in [6.07, 6.45) is 0. The normalized spacial score (nSPS) is 20.4. The first-order chi connectivity index (χ1) is 11.5. The van der Waals surface area contributed by atoms with E-state index in [0.29, 0.717) is 23.1 Å². The lowest BCUT2D eigenvalue weighted by molar-refractivity contribution is 0.0781. The Morgan fingerprint density at radius 3 is 2.50 bits per heavy atom. The number of phenolic OH excluding ortho intramolecular Hbond substituents is 1. The number of amides is 1. The number of likely N-dealkylation sites (tertiary alicyclic amines) is 1. The van der Waals surface area contributed by atoms with E-state index in [2.05, 4.69) is 0 Å². The number of halogens is 2. The molecule has 1 aliphatic rings. The van der Waals surface area contributed by atoms with Crippen molar-refractivity contribution < 1.29 is 15.0 Å². The first-order valence-corrected chi connectivity index (χ1v) is 8.39. The number of nitrogens with zero attached hydrogens (tertiary/aromatic N) is 1. The van der Waals surface area contributed by atoms with Gasteiger partial charge in [-0.25, -0.2) is 0 Å². The van der Waals surface area contributed by atoms with E-state index in [1.807, 2.05) is 24.3 Å². The van der Waals surface area contributed by atoms with Gasteiger partial charge in [-0.1, -0.05) is 35.3 Å². The predicted molar refractivity (Wildman–Crippen MR) is 93.8 cm³/mol.